The quantitative estimate of drug-likeness (QED) is 0.857. The fourth-order valence-corrected chi connectivity index (χ4v) is 2.29. The van der Waals surface area contributed by atoms with Gasteiger partial charge in [-0.15, -0.1) is 0 Å². The van der Waals surface area contributed by atoms with Gasteiger partial charge in [0.2, 0.25) is 5.88 Å². The van der Waals surface area contributed by atoms with Gasteiger partial charge < -0.3 is 10.1 Å². The third-order valence-corrected chi connectivity index (χ3v) is 3.41. The van der Waals surface area contributed by atoms with Crippen LogP contribution >= 0.6 is 23.2 Å². The summed E-state index contributed by atoms with van der Waals surface area (Å²) >= 11 is 11.9. The van der Waals surface area contributed by atoms with E-state index in [9.17, 15) is 0 Å². The van der Waals surface area contributed by atoms with E-state index in [0.717, 1.165) is 12.1 Å². The van der Waals surface area contributed by atoms with E-state index in [1.54, 1.807) is 24.4 Å². The summed E-state index contributed by atoms with van der Waals surface area (Å²) in [5.74, 6) is 1.05. The van der Waals surface area contributed by atoms with Crippen LogP contribution in [0.2, 0.25) is 10.0 Å². The molecule has 0 spiro atoms. The molecule has 106 valence electrons. The second-order valence-corrected chi connectivity index (χ2v) is 5.23. The number of hydrogen-bond donors (Lipinski definition) is 1. The third-order valence-electron chi connectivity index (χ3n) is 2.88. The van der Waals surface area contributed by atoms with Crippen molar-refractivity contribution in [1.29, 1.82) is 0 Å². The molecule has 1 unspecified atom stereocenters. The molecular weight excluding hydrogens is 295 g/mol. The Balaban J connectivity index is 2.19. The number of nitrogens with zero attached hydrogens (tertiary/aromatic N) is 1. The lowest BCUT2D eigenvalue weighted by molar-refractivity contribution is 0.460. The molecule has 1 N–H and O–H groups in total. The summed E-state index contributed by atoms with van der Waals surface area (Å²) < 4.78 is 5.70. The smallest absolute Gasteiger partial charge is 0.219 e. The molecule has 0 radical (unpaired) electrons. The van der Waals surface area contributed by atoms with E-state index in [1.807, 2.05) is 12.1 Å². The number of halogens is 2. The summed E-state index contributed by atoms with van der Waals surface area (Å²) in [4.78, 5) is 4.20. The van der Waals surface area contributed by atoms with Crippen molar-refractivity contribution in [2.24, 2.45) is 0 Å². The Morgan fingerprint density at radius 1 is 1.25 bits per heavy atom. The fourth-order valence-electron chi connectivity index (χ4n) is 1.84. The molecule has 2 rings (SSSR count). The van der Waals surface area contributed by atoms with E-state index in [0.29, 0.717) is 21.7 Å². The number of hydrogen-bond acceptors (Lipinski definition) is 3. The van der Waals surface area contributed by atoms with Gasteiger partial charge in [-0.1, -0.05) is 30.1 Å². The lowest BCUT2D eigenvalue weighted by atomic mass is 10.1. The summed E-state index contributed by atoms with van der Waals surface area (Å²) in [6, 6.07) is 9.21. The van der Waals surface area contributed by atoms with Crippen LogP contribution in [0, 0.1) is 0 Å². The van der Waals surface area contributed by atoms with Crippen molar-refractivity contribution >= 4 is 23.2 Å². The zero-order valence-electron chi connectivity index (χ0n) is 11.4. The van der Waals surface area contributed by atoms with Crippen LogP contribution in [0.25, 0.3) is 0 Å². The van der Waals surface area contributed by atoms with Crippen LogP contribution in [0.1, 0.15) is 25.5 Å². The lowest BCUT2D eigenvalue weighted by Gasteiger charge is -2.14. The summed E-state index contributed by atoms with van der Waals surface area (Å²) in [5.41, 5.74) is 1.11. The average molecular weight is 311 g/mol. The largest absolute Gasteiger partial charge is 0.437 e. The monoisotopic (exact) mass is 310 g/mol. The Hall–Kier alpha value is -1.29. The number of rotatable bonds is 5. The molecule has 1 aromatic heterocycles. The van der Waals surface area contributed by atoms with Crippen LogP contribution in [0.5, 0.6) is 11.6 Å². The van der Waals surface area contributed by atoms with Gasteiger partial charge in [-0.05, 0) is 43.3 Å². The minimum Gasteiger partial charge on any atom is -0.437 e. The topological polar surface area (TPSA) is 34.2 Å². The second kappa shape index (κ2) is 6.93. The molecule has 1 atom stereocenters. The first-order valence-corrected chi connectivity index (χ1v) is 7.18. The van der Waals surface area contributed by atoms with Gasteiger partial charge in [0.1, 0.15) is 5.75 Å². The zero-order valence-corrected chi connectivity index (χ0v) is 12.9. The number of pyridine rings is 1. The molecule has 0 fully saturated rings. The number of aromatic nitrogens is 1. The molecule has 1 aromatic carbocycles. The minimum absolute atomic E-state index is 0.242. The number of benzene rings is 1. The highest BCUT2D eigenvalue weighted by Crippen LogP contribution is 2.31. The first kappa shape index (κ1) is 15.1. The number of nitrogens with one attached hydrogen (secondary N) is 1. The van der Waals surface area contributed by atoms with Crippen molar-refractivity contribution in [3.63, 3.8) is 0 Å². The highest BCUT2D eigenvalue weighted by molar-refractivity contribution is 6.35. The fraction of sp³-hybridized carbons (Fsp3) is 0.267. The van der Waals surface area contributed by atoms with E-state index in [-0.39, 0.29) is 6.04 Å². The van der Waals surface area contributed by atoms with Gasteiger partial charge in [0, 0.05) is 23.3 Å². The van der Waals surface area contributed by atoms with Gasteiger partial charge in [-0.2, -0.15) is 0 Å². The molecule has 20 heavy (non-hydrogen) atoms. The number of ether oxygens (including phenoxy) is 1. The third kappa shape index (κ3) is 3.85. The van der Waals surface area contributed by atoms with E-state index in [1.165, 1.54) is 0 Å². The van der Waals surface area contributed by atoms with Crippen molar-refractivity contribution < 1.29 is 4.74 Å². The Labute approximate surface area is 128 Å². The van der Waals surface area contributed by atoms with Crippen LogP contribution in [-0.2, 0) is 0 Å². The standard InChI is InChI=1S/C15H16Cl2N2O/c1-3-18-10(2)11-6-7-19-15(8-11)20-14-5-4-12(16)9-13(14)17/h4-10,18H,3H2,1-2H3. The maximum Gasteiger partial charge on any atom is 0.219 e. The molecule has 0 saturated carbocycles. The predicted molar refractivity (Wildman–Crippen MR) is 82.9 cm³/mol. The highest BCUT2D eigenvalue weighted by Gasteiger charge is 2.08. The Bertz CT molecular complexity index is 590. The summed E-state index contributed by atoms with van der Waals surface area (Å²) in [7, 11) is 0. The van der Waals surface area contributed by atoms with Gasteiger partial charge in [-0.3, -0.25) is 0 Å². The van der Waals surface area contributed by atoms with Gasteiger partial charge in [0.15, 0.2) is 0 Å². The molecule has 0 aliphatic heterocycles. The van der Waals surface area contributed by atoms with Crippen LogP contribution in [0.15, 0.2) is 36.5 Å². The molecule has 0 saturated heterocycles. The van der Waals surface area contributed by atoms with Crippen LogP contribution in [0.4, 0.5) is 0 Å². The normalized spacial score (nSPS) is 12.2. The molecule has 1 heterocycles. The van der Waals surface area contributed by atoms with Gasteiger partial charge >= 0.3 is 0 Å². The molecule has 5 heteroatoms. The van der Waals surface area contributed by atoms with Gasteiger partial charge in [-0.25, -0.2) is 4.98 Å². The summed E-state index contributed by atoms with van der Waals surface area (Å²) in [6.07, 6.45) is 1.72. The molecular formula is C15H16Cl2N2O. The summed E-state index contributed by atoms with van der Waals surface area (Å²) in [5, 5.41) is 4.38. The maximum absolute atomic E-state index is 6.08. The van der Waals surface area contributed by atoms with Crippen molar-refractivity contribution in [3.8, 4) is 11.6 Å². The van der Waals surface area contributed by atoms with Crippen LogP contribution in [0.3, 0.4) is 0 Å². The van der Waals surface area contributed by atoms with E-state index < -0.39 is 0 Å². The first-order valence-electron chi connectivity index (χ1n) is 6.42. The molecule has 0 bridgehead atoms. The van der Waals surface area contributed by atoms with Crippen molar-refractivity contribution in [2.75, 3.05) is 6.54 Å². The van der Waals surface area contributed by atoms with E-state index >= 15 is 0 Å². The van der Waals surface area contributed by atoms with Crippen molar-refractivity contribution in [1.82, 2.24) is 10.3 Å². The average Bonchev–Trinajstić information content (AvgIpc) is 2.43. The second-order valence-electron chi connectivity index (χ2n) is 4.38. The lowest BCUT2D eigenvalue weighted by Crippen LogP contribution is -2.17. The van der Waals surface area contributed by atoms with E-state index in [2.05, 4.69) is 24.1 Å². The van der Waals surface area contributed by atoms with Crippen LogP contribution < -0.4 is 10.1 Å². The molecule has 0 aliphatic rings. The summed E-state index contributed by atoms with van der Waals surface area (Å²) in [6.45, 7) is 5.07. The van der Waals surface area contributed by atoms with Crippen molar-refractivity contribution in [2.45, 2.75) is 19.9 Å². The molecule has 0 amide bonds. The Kier molecular flexibility index (Phi) is 5.24. The Morgan fingerprint density at radius 2 is 2.05 bits per heavy atom. The SMILES string of the molecule is CCNC(C)c1ccnc(Oc2ccc(Cl)cc2Cl)c1. The Morgan fingerprint density at radius 3 is 2.75 bits per heavy atom. The van der Waals surface area contributed by atoms with E-state index in [4.69, 9.17) is 27.9 Å². The van der Waals surface area contributed by atoms with Gasteiger partial charge in [0.25, 0.3) is 0 Å². The molecule has 3 nitrogen and oxygen atoms in total. The maximum atomic E-state index is 6.08. The highest BCUT2D eigenvalue weighted by atomic mass is 35.5. The predicted octanol–water partition coefficient (Wildman–Crippen LogP) is 4.85. The minimum atomic E-state index is 0.242. The first-order chi connectivity index (χ1) is 9.60. The molecule has 2 aromatic rings. The van der Waals surface area contributed by atoms with Crippen molar-refractivity contribution in [3.05, 3.63) is 52.1 Å². The molecule has 0 aliphatic carbocycles. The zero-order chi connectivity index (χ0) is 14.5. The van der Waals surface area contributed by atoms with Crippen LogP contribution in [-0.4, -0.2) is 11.5 Å². The van der Waals surface area contributed by atoms with Gasteiger partial charge in [0.05, 0.1) is 5.02 Å².